The number of rotatable bonds is 11. The minimum Gasteiger partial charge on any atom is -0.465 e. The van der Waals surface area contributed by atoms with Crippen molar-refractivity contribution in [3.8, 4) is 0 Å². The van der Waals surface area contributed by atoms with Crippen LogP contribution in [0.25, 0.3) is 0 Å². The van der Waals surface area contributed by atoms with Crippen molar-refractivity contribution in [3.63, 3.8) is 0 Å². The fourth-order valence-corrected chi connectivity index (χ4v) is 6.38. The van der Waals surface area contributed by atoms with E-state index in [1.54, 1.807) is 36.4 Å². The Balaban J connectivity index is 1.76. The molecule has 3 heterocycles. The van der Waals surface area contributed by atoms with Crippen LogP contribution in [0.4, 0.5) is 5.69 Å². The summed E-state index contributed by atoms with van der Waals surface area (Å²) in [5.74, 6) is -2.89. The van der Waals surface area contributed by atoms with Gasteiger partial charge in [-0.2, -0.15) is 0 Å². The van der Waals surface area contributed by atoms with Gasteiger partial charge in [-0.15, -0.1) is 13.2 Å². The highest BCUT2D eigenvalue weighted by atomic mass is 35.5. The van der Waals surface area contributed by atoms with Gasteiger partial charge in [0.25, 0.3) is 5.91 Å². The Morgan fingerprint density at radius 3 is 2.61 bits per heavy atom. The van der Waals surface area contributed by atoms with Crippen molar-refractivity contribution < 1.29 is 29.0 Å². The third-order valence-corrected chi connectivity index (χ3v) is 8.04. The van der Waals surface area contributed by atoms with Crippen LogP contribution in [0.2, 0.25) is 5.02 Å². The second-order valence-corrected chi connectivity index (χ2v) is 9.98. The number of fused-ring (bicyclic) bond motifs is 1. The zero-order chi connectivity index (χ0) is 26.1. The molecule has 8 nitrogen and oxygen atoms in total. The van der Waals surface area contributed by atoms with Crippen LogP contribution < -0.4 is 4.90 Å². The van der Waals surface area contributed by atoms with Gasteiger partial charge < -0.3 is 24.4 Å². The number of nitrogens with zero attached hydrogens (tertiary/aromatic N) is 2. The maximum atomic E-state index is 14.2. The zero-order valence-corrected chi connectivity index (χ0v) is 21.3. The minimum atomic E-state index is -1.19. The number of carbonyl (C=O) groups excluding carboxylic acids is 3. The van der Waals surface area contributed by atoms with Crippen LogP contribution in [0.1, 0.15) is 32.6 Å². The first-order valence-electron chi connectivity index (χ1n) is 12.4. The molecule has 0 aliphatic carbocycles. The highest BCUT2D eigenvalue weighted by Crippen LogP contribution is 2.64. The maximum absolute atomic E-state index is 14.2. The maximum Gasteiger partial charge on any atom is 0.312 e. The molecule has 1 aromatic carbocycles. The molecule has 5 atom stereocenters. The van der Waals surface area contributed by atoms with E-state index in [9.17, 15) is 19.5 Å². The van der Waals surface area contributed by atoms with E-state index in [0.717, 1.165) is 0 Å². The molecule has 0 aromatic heterocycles. The van der Waals surface area contributed by atoms with E-state index in [-0.39, 0.29) is 38.1 Å². The number of amides is 2. The number of benzene rings is 1. The van der Waals surface area contributed by atoms with E-state index in [0.29, 0.717) is 36.4 Å². The van der Waals surface area contributed by atoms with Gasteiger partial charge in [0.2, 0.25) is 5.91 Å². The lowest BCUT2D eigenvalue weighted by molar-refractivity contribution is -0.160. The molecule has 0 radical (unpaired) electrons. The lowest BCUT2D eigenvalue weighted by atomic mass is 9.65. The number of likely N-dealkylation sites (tertiary alicyclic amines) is 1. The van der Waals surface area contributed by atoms with Crippen molar-refractivity contribution in [2.45, 2.75) is 49.9 Å². The summed E-state index contributed by atoms with van der Waals surface area (Å²) in [6.07, 6.45) is 5.26. The number of hydrogen-bond acceptors (Lipinski definition) is 6. The minimum absolute atomic E-state index is 0.0449. The monoisotopic (exact) mass is 516 g/mol. The van der Waals surface area contributed by atoms with Gasteiger partial charge in [0.05, 0.1) is 24.7 Å². The first kappa shape index (κ1) is 26.4. The first-order valence-corrected chi connectivity index (χ1v) is 12.7. The zero-order valence-electron chi connectivity index (χ0n) is 20.5. The van der Waals surface area contributed by atoms with Crippen molar-refractivity contribution >= 4 is 35.1 Å². The summed E-state index contributed by atoms with van der Waals surface area (Å²) in [5.41, 5.74) is -1.47. The Bertz CT molecular complexity index is 1050. The van der Waals surface area contributed by atoms with Gasteiger partial charge in [-0.05, 0) is 49.9 Å². The van der Waals surface area contributed by atoms with Gasteiger partial charge in [0, 0.05) is 23.8 Å². The van der Waals surface area contributed by atoms with Crippen LogP contribution in [0.3, 0.4) is 0 Å². The third kappa shape index (κ3) is 4.05. The molecule has 36 heavy (non-hydrogen) atoms. The molecule has 1 N–H and O–H groups in total. The molecule has 4 rings (SSSR count). The van der Waals surface area contributed by atoms with Crippen LogP contribution >= 0.6 is 11.6 Å². The first-order chi connectivity index (χ1) is 17.3. The van der Waals surface area contributed by atoms with E-state index in [4.69, 9.17) is 21.1 Å². The highest BCUT2D eigenvalue weighted by Gasteiger charge is 2.79. The number of ether oxygens (including phenoxy) is 2. The fraction of sp³-hybridized carbons (Fsp3) is 0.519. The second-order valence-electron chi connectivity index (χ2n) is 9.55. The standard InChI is InChI=1S/C27H33ClN2O6/c1-4-7-17-35-25(34)21-20-23(32)30(15-16-31)22(27(20)13-12-26(21,6-3)36-27)24(33)29(14-5-2)19-10-8-18(28)9-11-19/h4-5,8-11,20-22,31H,1-2,6-7,12-17H2,3H3/t20-,21+,22?,26-,27?/m0/s1. The van der Waals surface area contributed by atoms with Crippen molar-refractivity contribution in [1.29, 1.82) is 0 Å². The molecule has 0 saturated carbocycles. The summed E-state index contributed by atoms with van der Waals surface area (Å²) < 4.78 is 12.2. The largest absolute Gasteiger partial charge is 0.465 e. The van der Waals surface area contributed by atoms with Crippen molar-refractivity contribution in [3.05, 3.63) is 54.6 Å². The molecule has 3 saturated heterocycles. The van der Waals surface area contributed by atoms with E-state index in [1.165, 1.54) is 9.80 Å². The molecular formula is C27H33ClN2O6. The van der Waals surface area contributed by atoms with Crippen LogP contribution in [-0.4, -0.2) is 71.3 Å². The number of β-amino-alcohol motifs (C(OH)–C–C–N with tert-alkyl or cyclic N) is 1. The summed E-state index contributed by atoms with van der Waals surface area (Å²) in [6, 6.07) is 5.83. The second kappa shape index (κ2) is 10.4. The Morgan fingerprint density at radius 1 is 1.28 bits per heavy atom. The summed E-state index contributed by atoms with van der Waals surface area (Å²) in [7, 11) is 0. The molecule has 3 aliphatic heterocycles. The molecule has 3 fully saturated rings. The van der Waals surface area contributed by atoms with Crippen LogP contribution in [0.5, 0.6) is 0 Å². The molecule has 1 spiro atoms. The van der Waals surface area contributed by atoms with Crippen LogP contribution in [0, 0.1) is 11.8 Å². The summed E-state index contributed by atoms with van der Waals surface area (Å²) in [4.78, 5) is 44.3. The highest BCUT2D eigenvalue weighted by molar-refractivity contribution is 6.30. The number of halogens is 1. The summed E-state index contributed by atoms with van der Waals surface area (Å²) in [5, 5.41) is 10.3. The van der Waals surface area contributed by atoms with E-state index >= 15 is 0 Å². The fourth-order valence-electron chi connectivity index (χ4n) is 6.26. The average molecular weight is 517 g/mol. The van der Waals surface area contributed by atoms with Gasteiger partial charge >= 0.3 is 5.97 Å². The molecular weight excluding hydrogens is 484 g/mol. The Labute approximate surface area is 216 Å². The predicted octanol–water partition coefficient (Wildman–Crippen LogP) is 3.13. The lowest BCUT2D eigenvalue weighted by Gasteiger charge is -2.36. The van der Waals surface area contributed by atoms with E-state index in [2.05, 4.69) is 13.2 Å². The van der Waals surface area contributed by atoms with E-state index < -0.39 is 35.0 Å². The summed E-state index contributed by atoms with van der Waals surface area (Å²) >= 11 is 6.06. The Hall–Kier alpha value is -2.68. The van der Waals surface area contributed by atoms with Gasteiger partial charge in [0.15, 0.2) is 0 Å². The molecule has 3 aliphatic rings. The van der Waals surface area contributed by atoms with Gasteiger partial charge in [-0.3, -0.25) is 14.4 Å². The molecule has 2 amide bonds. The SMILES string of the molecule is C=CCCOC(=O)[C@H]1[C@H]2C(=O)N(CCO)C(C(=O)N(CC=C)c3ccc(Cl)cc3)C23CC[C@]1(CC)O3. The Kier molecular flexibility index (Phi) is 7.59. The summed E-state index contributed by atoms with van der Waals surface area (Å²) in [6.45, 7) is 9.36. The molecule has 194 valence electrons. The Morgan fingerprint density at radius 2 is 2.00 bits per heavy atom. The van der Waals surface area contributed by atoms with Crippen LogP contribution in [0.15, 0.2) is 49.6 Å². The molecule has 2 unspecified atom stereocenters. The number of esters is 1. The normalized spacial score (nSPS) is 30.2. The van der Waals surface area contributed by atoms with Gasteiger partial charge in [-0.1, -0.05) is 30.7 Å². The smallest absolute Gasteiger partial charge is 0.312 e. The molecule has 2 bridgehead atoms. The third-order valence-electron chi connectivity index (χ3n) is 7.79. The number of carbonyl (C=O) groups is 3. The van der Waals surface area contributed by atoms with Gasteiger partial charge in [0.1, 0.15) is 17.6 Å². The number of aliphatic hydroxyl groups is 1. The topological polar surface area (TPSA) is 96.4 Å². The predicted molar refractivity (Wildman–Crippen MR) is 135 cm³/mol. The lowest BCUT2D eigenvalue weighted by Crippen LogP contribution is -2.56. The molecule has 9 heteroatoms. The van der Waals surface area contributed by atoms with E-state index in [1.807, 2.05) is 6.92 Å². The van der Waals surface area contributed by atoms with Gasteiger partial charge in [-0.25, -0.2) is 0 Å². The number of aliphatic hydroxyl groups excluding tert-OH is 1. The van der Waals surface area contributed by atoms with Crippen molar-refractivity contribution in [2.75, 3.05) is 31.2 Å². The average Bonchev–Trinajstić information content (AvgIpc) is 3.47. The molecule has 1 aromatic rings. The van der Waals surface area contributed by atoms with Crippen LogP contribution in [-0.2, 0) is 23.9 Å². The quantitative estimate of drug-likeness (QED) is 0.276. The van der Waals surface area contributed by atoms with Crippen molar-refractivity contribution in [2.24, 2.45) is 11.8 Å². The number of anilines is 1. The number of hydrogen-bond donors (Lipinski definition) is 1. The van der Waals surface area contributed by atoms with Crippen molar-refractivity contribution in [1.82, 2.24) is 4.90 Å².